The first kappa shape index (κ1) is 32.6. The van der Waals surface area contributed by atoms with Crippen LogP contribution in [0.2, 0.25) is 5.02 Å². The van der Waals surface area contributed by atoms with Crippen LogP contribution in [0.1, 0.15) is 35.9 Å². The quantitative estimate of drug-likeness (QED) is 0.215. The highest BCUT2D eigenvalue weighted by molar-refractivity contribution is 6.31. The van der Waals surface area contributed by atoms with E-state index in [9.17, 15) is 35.9 Å². The van der Waals surface area contributed by atoms with E-state index in [1.807, 2.05) is 11.8 Å². The number of alkyl halides is 6. The highest BCUT2D eigenvalue weighted by Crippen LogP contribution is 2.26. The molecule has 1 heterocycles. The van der Waals surface area contributed by atoms with Crippen LogP contribution in [0.15, 0.2) is 53.3 Å². The molecule has 0 aliphatic heterocycles. The number of carbonyl (C=O) groups is 1. The topological polar surface area (TPSA) is 60.8 Å². The molecule has 0 unspecified atom stereocenters. The van der Waals surface area contributed by atoms with E-state index in [4.69, 9.17) is 11.6 Å². The number of pyridine rings is 1. The van der Waals surface area contributed by atoms with Crippen LogP contribution in [0.3, 0.4) is 0 Å². The van der Waals surface area contributed by atoms with Gasteiger partial charge >= 0.3 is 18.5 Å². The summed E-state index contributed by atoms with van der Waals surface area (Å²) in [5.74, 6) is 3.27. The zero-order valence-corrected chi connectivity index (χ0v) is 23.4. The maximum atomic E-state index is 12.9. The molecule has 3 rings (SSSR count). The summed E-state index contributed by atoms with van der Waals surface area (Å²) in [7, 11) is 0. The van der Waals surface area contributed by atoms with E-state index in [1.165, 1.54) is 26.0 Å². The van der Waals surface area contributed by atoms with Gasteiger partial charge in [0, 0.05) is 12.1 Å². The molecule has 0 spiro atoms. The summed E-state index contributed by atoms with van der Waals surface area (Å²) in [6, 6.07) is 11.9. The first-order valence-electron chi connectivity index (χ1n) is 12.5. The Hall–Kier alpha value is -3.95. The molecule has 0 atom stereocenters. The Bertz CT molecular complexity index is 1540. The molecule has 0 radical (unpaired) electrons. The van der Waals surface area contributed by atoms with E-state index < -0.39 is 29.0 Å². The van der Waals surface area contributed by atoms with Gasteiger partial charge in [0.15, 0.2) is 0 Å². The van der Waals surface area contributed by atoms with Crippen molar-refractivity contribution in [1.82, 2.24) is 9.63 Å². The maximum absolute atomic E-state index is 12.9. The van der Waals surface area contributed by atoms with E-state index >= 15 is 0 Å². The molecule has 0 saturated carbocycles. The van der Waals surface area contributed by atoms with Crippen molar-refractivity contribution in [2.75, 3.05) is 13.1 Å². The van der Waals surface area contributed by atoms with Crippen LogP contribution in [0.5, 0.6) is 5.75 Å². The number of carbonyl (C=O) groups excluding carboxylic acids is 1. The standard InChI is InChI=1S/C29H25ClF6N2O4/c1-4-15-37(17-21-9-13-23(14-10-21)41-29(34,35)36)16-5-6-20-7-11-22(12-8-20)24-18(2)38(19(3)25(30)26(24)39)42-27(40)28(31,32)33/h7-14H,4,15-17H2,1-3H3. The lowest BCUT2D eigenvalue weighted by atomic mass is 10.0. The summed E-state index contributed by atoms with van der Waals surface area (Å²) in [5, 5.41) is -0.395. The molecule has 0 aliphatic carbocycles. The third kappa shape index (κ3) is 8.53. The van der Waals surface area contributed by atoms with Crippen molar-refractivity contribution < 1.29 is 40.7 Å². The molecule has 0 saturated heterocycles. The van der Waals surface area contributed by atoms with Gasteiger partial charge in [-0.05, 0) is 62.2 Å². The van der Waals surface area contributed by atoms with Gasteiger partial charge < -0.3 is 9.57 Å². The van der Waals surface area contributed by atoms with Gasteiger partial charge in [0.2, 0.25) is 5.43 Å². The number of ether oxygens (including phenoxy) is 1. The normalized spacial score (nSPS) is 11.7. The lowest BCUT2D eigenvalue weighted by Gasteiger charge is -2.19. The SMILES string of the molecule is CCCN(CC#Cc1ccc(-c2c(C)n(OC(=O)C(F)(F)F)c(C)c(Cl)c2=O)cc1)Cc1ccc(OC(F)(F)F)cc1. The van der Waals surface area contributed by atoms with Gasteiger partial charge in [-0.1, -0.05) is 54.6 Å². The summed E-state index contributed by atoms with van der Waals surface area (Å²) in [5.41, 5.74) is 0.800. The third-order valence-electron chi connectivity index (χ3n) is 5.93. The second-order valence-electron chi connectivity index (χ2n) is 9.14. The highest BCUT2D eigenvalue weighted by Gasteiger charge is 2.42. The van der Waals surface area contributed by atoms with Crippen molar-refractivity contribution in [2.24, 2.45) is 0 Å². The van der Waals surface area contributed by atoms with E-state index in [0.717, 1.165) is 12.0 Å². The fourth-order valence-corrected chi connectivity index (χ4v) is 4.22. The molecule has 224 valence electrons. The summed E-state index contributed by atoms with van der Waals surface area (Å²) in [4.78, 5) is 30.8. The van der Waals surface area contributed by atoms with E-state index in [2.05, 4.69) is 21.4 Å². The largest absolute Gasteiger partial charge is 0.573 e. The number of hydrogen-bond acceptors (Lipinski definition) is 5. The molecule has 0 bridgehead atoms. The van der Waals surface area contributed by atoms with Gasteiger partial charge in [-0.3, -0.25) is 9.69 Å². The van der Waals surface area contributed by atoms with Gasteiger partial charge in [-0.25, -0.2) is 4.79 Å². The minimum atomic E-state index is -5.25. The Morgan fingerprint density at radius 1 is 0.976 bits per heavy atom. The van der Waals surface area contributed by atoms with Crippen LogP contribution in [-0.2, 0) is 11.3 Å². The van der Waals surface area contributed by atoms with Gasteiger partial charge in [0.1, 0.15) is 10.8 Å². The highest BCUT2D eigenvalue weighted by atomic mass is 35.5. The van der Waals surface area contributed by atoms with E-state index in [-0.39, 0.29) is 22.7 Å². The predicted octanol–water partition coefficient (Wildman–Crippen LogP) is 6.47. The lowest BCUT2D eigenvalue weighted by Crippen LogP contribution is -2.36. The van der Waals surface area contributed by atoms with Crippen LogP contribution in [-0.4, -0.2) is 41.2 Å². The molecule has 0 N–H and O–H groups in total. The first-order valence-corrected chi connectivity index (χ1v) is 12.9. The first-order chi connectivity index (χ1) is 19.6. The summed E-state index contributed by atoms with van der Waals surface area (Å²) in [6.07, 6.45) is -9.20. The van der Waals surface area contributed by atoms with Crippen molar-refractivity contribution in [2.45, 2.75) is 46.3 Å². The fourth-order valence-electron chi connectivity index (χ4n) is 4.05. The molecular weight excluding hydrogens is 590 g/mol. The molecule has 0 fully saturated rings. The molecule has 3 aromatic rings. The van der Waals surface area contributed by atoms with Gasteiger partial charge in [-0.15, -0.1) is 13.2 Å². The van der Waals surface area contributed by atoms with E-state index in [0.29, 0.717) is 35.5 Å². The minimum absolute atomic E-state index is 0.0409. The van der Waals surface area contributed by atoms with Crippen LogP contribution in [0.4, 0.5) is 26.3 Å². The van der Waals surface area contributed by atoms with Crippen LogP contribution in [0, 0.1) is 25.7 Å². The average Bonchev–Trinajstić information content (AvgIpc) is 2.90. The monoisotopic (exact) mass is 614 g/mol. The average molecular weight is 615 g/mol. The van der Waals surface area contributed by atoms with Crippen molar-refractivity contribution in [3.05, 3.63) is 86.3 Å². The summed E-state index contributed by atoms with van der Waals surface area (Å²) in [6.45, 7) is 6.06. The van der Waals surface area contributed by atoms with Gasteiger partial charge in [0.05, 0.1) is 23.5 Å². The molecule has 6 nitrogen and oxygen atoms in total. The zero-order chi connectivity index (χ0) is 31.2. The Kier molecular flexibility index (Phi) is 10.4. The zero-order valence-electron chi connectivity index (χ0n) is 22.6. The second kappa shape index (κ2) is 13.4. The van der Waals surface area contributed by atoms with Crippen LogP contribution >= 0.6 is 11.6 Å². The molecule has 0 amide bonds. The van der Waals surface area contributed by atoms with Crippen molar-refractivity contribution in [3.63, 3.8) is 0 Å². The molecule has 42 heavy (non-hydrogen) atoms. The molecule has 2 aromatic carbocycles. The number of halogens is 7. The summed E-state index contributed by atoms with van der Waals surface area (Å²) >= 11 is 6.07. The molecule has 1 aromatic heterocycles. The minimum Gasteiger partial charge on any atom is -0.406 e. The van der Waals surface area contributed by atoms with Crippen molar-refractivity contribution >= 4 is 17.6 Å². The van der Waals surface area contributed by atoms with E-state index in [1.54, 1.807) is 36.4 Å². The Morgan fingerprint density at radius 2 is 1.60 bits per heavy atom. The number of nitrogens with zero attached hydrogens (tertiary/aromatic N) is 2. The van der Waals surface area contributed by atoms with Crippen molar-refractivity contribution in [1.29, 1.82) is 0 Å². The smallest absolute Gasteiger partial charge is 0.406 e. The molecule has 13 heteroatoms. The van der Waals surface area contributed by atoms with Gasteiger partial charge in [0.25, 0.3) is 0 Å². The lowest BCUT2D eigenvalue weighted by molar-refractivity contribution is -0.274. The second-order valence-corrected chi connectivity index (χ2v) is 9.52. The Balaban J connectivity index is 1.77. The number of hydrogen-bond donors (Lipinski definition) is 0. The molecular formula is C29H25ClF6N2O4. The molecule has 0 aliphatic rings. The third-order valence-corrected chi connectivity index (χ3v) is 6.38. The fraction of sp³-hybridized carbons (Fsp3) is 0.310. The van der Waals surface area contributed by atoms with Gasteiger partial charge in [-0.2, -0.15) is 17.9 Å². The summed E-state index contributed by atoms with van der Waals surface area (Å²) < 4.78 is 80.0. The number of benzene rings is 2. The predicted molar refractivity (Wildman–Crippen MR) is 144 cm³/mol. The van der Waals surface area contributed by atoms with Crippen LogP contribution < -0.4 is 15.0 Å². The Morgan fingerprint density at radius 3 is 2.14 bits per heavy atom. The van der Waals surface area contributed by atoms with Crippen LogP contribution in [0.25, 0.3) is 11.1 Å². The Labute approximate surface area is 242 Å². The van der Waals surface area contributed by atoms with Crippen molar-refractivity contribution in [3.8, 4) is 28.7 Å². The number of aromatic nitrogens is 1. The number of rotatable bonds is 8. The maximum Gasteiger partial charge on any atom is 0.573 e.